The molecule has 2 heterocycles. The predicted octanol–water partition coefficient (Wildman–Crippen LogP) is 4.19. The molecule has 1 aliphatic carbocycles. The minimum atomic E-state index is -0.621. The summed E-state index contributed by atoms with van der Waals surface area (Å²) in [5.41, 5.74) is 1.67. The van der Waals surface area contributed by atoms with Crippen LogP contribution >= 0.6 is 0 Å². The zero-order valence-corrected chi connectivity index (χ0v) is 21.0. The lowest BCUT2D eigenvalue weighted by Gasteiger charge is -2.35. The lowest BCUT2D eigenvalue weighted by Crippen LogP contribution is -2.41. The fourth-order valence-corrected chi connectivity index (χ4v) is 4.76. The Balaban J connectivity index is 1.33. The van der Waals surface area contributed by atoms with E-state index < -0.39 is 11.6 Å². The number of anilines is 1. The van der Waals surface area contributed by atoms with Crippen molar-refractivity contribution in [2.45, 2.75) is 46.1 Å². The van der Waals surface area contributed by atoms with Gasteiger partial charge in [-0.25, -0.2) is 18.7 Å². The Hall–Kier alpha value is -3.75. The fraction of sp³-hybridized carbons (Fsp3) is 0.393. The van der Waals surface area contributed by atoms with Gasteiger partial charge >= 0.3 is 0 Å². The second-order valence-corrected chi connectivity index (χ2v) is 9.62. The highest BCUT2D eigenvalue weighted by atomic mass is 19.1. The number of benzene rings is 1. The summed E-state index contributed by atoms with van der Waals surface area (Å²) in [5, 5.41) is 0. The van der Waals surface area contributed by atoms with Crippen LogP contribution in [-0.2, 0) is 20.9 Å². The van der Waals surface area contributed by atoms with Crippen molar-refractivity contribution in [3.05, 3.63) is 76.8 Å². The number of carbonyl (C=O) groups is 3. The number of halogens is 2. The van der Waals surface area contributed by atoms with Crippen molar-refractivity contribution in [3.63, 3.8) is 0 Å². The molecule has 1 aromatic carbocycles. The average molecular weight is 509 g/mol. The van der Waals surface area contributed by atoms with E-state index in [2.05, 4.69) is 9.97 Å². The maximum Gasteiger partial charge on any atom is 0.222 e. The molecule has 1 aliphatic heterocycles. The zero-order valence-electron chi connectivity index (χ0n) is 21.0. The molecular formula is C28H30F2N4O3. The maximum absolute atomic E-state index is 14.3. The smallest absolute Gasteiger partial charge is 0.222 e. The topological polar surface area (TPSA) is 83.5 Å². The number of aromatic nitrogens is 2. The van der Waals surface area contributed by atoms with Gasteiger partial charge in [-0.05, 0) is 57.2 Å². The van der Waals surface area contributed by atoms with E-state index in [1.54, 1.807) is 31.0 Å². The van der Waals surface area contributed by atoms with Crippen molar-refractivity contribution >= 4 is 23.3 Å². The fourth-order valence-electron chi connectivity index (χ4n) is 4.76. The summed E-state index contributed by atoms with van der Waals surface area (Å²) in [4.78, 5) is 49.3. The van der Waals surface area contributed by atoms with Crippen molar-refractivity contribution in [3.8, 4) is 0 Å². The van der Waals surface area contributed by atoms with Crippen molar-refractivity contribution < 1.29 is 23.2 Å². The molecule has 0 unspecified atom stereocenters. The standard InChI is InChI=1S/C28H30F2N4O3/c1-18-19(2)28(37)21(13-25(18)35)4-6-27(36)33-11-8-20(9-12-33)15-34(26-7-10-31-17-32-26)16-22-3-5-23(29)14-24(22)30/h3,5,7,10,13-14,17,20H,4,6,8-9,11-12,15-16H2,1-2H3. The molecule has 4 rings (SSSR count). The highest BCUT2D eigenvalue weighted by Gasteiger charge is 2.27. The molecule has 0 spiro atoms. The molecule has 194 valence electrons. The van der Waals surface area contributed by atoms with Gasteiger partial charge in [0.2, 0.25) is 5.91 Å². The van der Waals surface area contributed by atoms with E-state index in [9.17, 15) is 23.2 Å². The molecule has 0 N–H and O–H groups in total. The van der Waals surface area contributed by atoms with E-state index >= 15 is 0 Å². The minimum Gasteiger partial charge on any atom is -0.352 e. The van der Waals surface area contributed by atoms with E-state index in [0.717, 1.165) is 18.9 Å². The Morgan fingerprint density at radius 2 is 1.86 bits per heavy atom. The van der Waals surface area contributed by atoms with E-state index in [1.165, 1.54) is 24.5 Å². The van der Waals surface area contributed by atoms with Crippen LogP contribution in [0.15, 0.2) is 59.6 Å². The maximum atomic E-state index is 14.3. The first-order chi connectivity index (χ1) is 17.7. The van der Waals surface area contributed by atoms with Crippen LogP contribution in [0.4, 0.5) is 14.6 Å². The molecule has 2 aliphatic rings. The van der Waals surface area contributed by atoms with Gasteiger partial charge in [0.25, 0.3) is 0 Å². The van der Waals surface area contributed by atoms with Crippen LogP contribution in [-0.4, -0.2) is 52.0 Å². The number of ketones is 2. The Kier molecular flexibility index (Phi) is 8.21. The summed E-state index contributed by atoms with van der Waals surface area (Å²) in [6.07, 6.45) is 6.37. The van der Waals surface area contributed by atoms with Gasteiger partial charge in [0, 0.05) is 67.1 Å². The third-order valence-electron chi connectivity index (χ3n) is 7.19. The molecule has 1 amide bonds. The molecule has 0 saturated carbocycles. The monoisotopic (exact) mass is 508 g/mol. The van der Waals surface area contributed by atoms with Gasteiger partial charge in [0.05, 0.1) is 0 Å². The number of carbonyl (C=O) groups excluding carboxylic acids is 3. The molecular weight excluding hydrogens is 478 g/mol. The molecule has 1 aromatic heterocycles. The number of Topliss-reactive ketones (excluding diaryl/α,β-unsaturated/α-hetero) is 1. The predicted molar refractivity (Wildman–Crippen MR) is 134 cm³/mol. The number of amides is 1. The van der Waals surface area contributed by atoms with Gasteiger partial charge in [-0.15, -0.1) is 0 Å². The summed E-state index contributed by atoms with van der Waals surface area (Å²) >= 11 is 0. The van der Waals surface area contributed by atoms with E-state index in [4.69, 9.17) is 0 Å². The zero-order chi connectivity index (χ0) is 26.5. The first-order valence-corrected chi connectivity index (χ1v) is 12.4. The largest absolute Gasteiger partial charge is 0.352 e. The van der Waals surface area contributed by atoms with E-state index in [1.807, 2.05) is 4.90 Å². The number of hydrogen-bond acceptors (Lipinski definition) is 6. The lowest BCUT2D eigenvalue weighted by atomic mass is 9.89. The van der Waals surface area contributed by atoms with Gasteiger partial charge in [0.1, 0.15) is 23.8 Å². The summed E-state index contributed by atoms with van der Waals surface area (Å²) in [5.74, 6) is -0.696. The Labute approximate surface area is 214 Å². The van der Waals surface area contributed by atoms with Crippen molar-refractivity contribution in [1.82, 2.24) is 14.9 Å². The normalized spacial score (nSPS) is 16.8. The highest BCUT2D eigenvalue weighted by molar-refractivity contribution is 6.22. The number of nitrogens with zero attached hydrogens (tertiary/aromatic N) is 4. The van der Waals surface area contributed by atoms with Crippen LogP contribution in [0.3, 0.4) is 0 Å². The SMILES string of the molecule is CC1=C(C)C(=O)C(CCC(=O)N2CCC(CN(Cc3ccc(F)cc3F)c3ccncn3)CC2)=CC1=O. The third-order valence-corrected chi connectivity index (χ3v) is 7.19. The molecule has 0 atom stereocenters. The Morgan fingerprint density at radius 1 is 1.11 bits per heavy atom. The minimum absolute atomic E-state index is 0.0374. The summed E-state index contributed by atoms with van der Waals surface area (Å²) in [6, 6.07) is 5.32. The summed E-state index contributed by atoms with van der Waals surface area (Å²) < 4.78 is 27.7. The van der Waals surface area contributed by atoms with Crippen molar-refractivity contribution in [2.75, 3.05) is 24.5 Å². The highest BCUT2D eigenvalue weighted by Crippen LogP contribution is 2.26. The first kappa shape index (κ1) is 26.3. The van der Waals surface area contributed by atoms with Gasteiger partial charge in [-0.2, -0.15) is 0 Å². The van der Waals surface area contributed by atoms with Gasteiger partial charge < -0.3 is 9.80 Å². The van der Waals surface area contributed by atoms with Crippen molar-refractivity contribution in [2.24, 2.45) is 5.92 Å². The molecule has 1 saturated heterocycles. The molecule has 1 fully saturated rings. The van der Waals surface area contributed by atoms with Gasteiger partial charge in [-0.3, -0.25) is 14.4 Å². The lowest BCUT2D eigenvalue weighted by molar-refractivity contribution is -0.132. The number of allylic oxidation sites excluding steroid dienone is 4. The number of piperidine rings is 1. The third kappa shape index (κ3) is 6.34. The molecule has 7 nitrogen and oxygen atoms in total. The summed E-state index contributed by atoms with van der Waals surface area (Å²) in [7, 11) is 0. The molecule has 37 heavy (non-hydrogen) atoms. The average Bonchev–Trinajstić information content (AvgIpc) is 2.90. The van der Waals surface area contributed by atoms with Crippen molar-refractivity contribution in [1.29, 1.82) is 0 Å². The second kappa shape index (κ2) is 11.5. The van der Waals surface area contributed by atoms with Gasteiger partial charge in [0.15, 0.2) is 11.6 Å². The van der Waals surface area contributed by atoms with Crippen LogP contribution in [0, 0.1) is 17.6 Å². The van der Waals surface area contributed by atoms with Crippen LogP contribution in [0.5, 0.6) is 0 Å². The van der Waals surface area contributed by atoms with Crippen LogP contribution in [0.1, 0.15) is 45.1 Å². The van der Waals surface area contributed by atoms with E-state index in [0.29, 0.717) is 47.7 Å². The van der Waals surface area contributed by atoms with Crippen LogP contribution in [0.2, 0.25) is 0 Å². The number of hydrogen-bond donors (Lipinski definition) is 0. The van der Waals surface area contributed by atoms with Crippen LogP contribution in [0.25, 0.3) is 0 Å². The molecule has 0 radical (unpaired) electrons. The number of rotatable bonds is 8. The number of likely N-dealkylation sites (tertiary alicyclic amines) is 1. The quantitative estimate of drug-likeness (QED) is 0.497. The molecule has 2 aromatic rings. The first-order valence-electron chi connectivity index (χ1n) is 12.4. The molecule has 9 heteroatoms. The Bertz CT molecular complexity index is 1250. The molecule has 0 bridgehead atoms. The summed E-state index contributed by atoms with van der Waals surface area (Å²) in [6.45, 7) is 5.28. The Morgan fingerprint density at radius 3 is 2.54 bits per heavy atom. The van der Waals surface area contributed by atoms with Crippen LogP contribution < -0.4 is 4.90 Å². The van der Waals surface area contributed by atoms with Gasteiger partial charge in [-0.1, -0.05) is 6.07 Å². The van der Waals surface area contributed by atoms with E-state index in [-0.39, 0.29) is 42.8 Å². The second-order valence-electron chi connectivity index (χ2n) is 9.62.